The van der Waals surface area contributed by atoms with Gasteiger partial charge in [-0.15, -0.1) is 0 Å². The van der Waals surface area contributed by atoms with Crippen LogP contribution in [0.15, 0.2) is 4.52 Å². The molecule has 1 aliphatic rings. The molecule has 14 heavy (non-hydrogen) atoms. The number of aryl methyl sites for hydroxylation is 1. The van der Waals surface area contributed by atoms with E-state index in [2.05, 4.69) is 15.0 Å². The predicted molar refractivity (Wildman–Crippen MR) is 51.5 cm³/mol. The molecule has 1 unspecified atom stereocenters. The number of rotatable bonds is 3. The minimum Gasteiger partial charge on any atom is -0.338 e. The quantitative estimate of drug-likeness (QED) is 0.745. The number of nitrogens with zero attached hydrogens (tertiary/aromatic N) is 3. The molecule has 2 N–H and O–H groups in total. The fourth-order valence-corrected chi connectivity index (χ4v) is 1.84. The lowest BCUT2D eigenvalue weighted by atomic mass is 10.1. The first-order valence-corrected chi connectivity index (χ1v) is 4.99. The van der Waals surface area contributed by atoms with E-state index < -0.39 is 0 Å². The van der Waals surface area contributed by atoms with E-state index in [0.717, 1.165) is 26.2 Å². The molecule has 1 aromatic heterocycles. The van der Waals surface area contributed by atoms with Gasteiger partial charge in [-0.05, 0) is 32.4 Å². The highest BCUT2D eigenvalue weighted by Gasteiger charge is 2.22. The smallest absolute Gasteiger partial charge is 0.240 e. The maximum absolute atomic E-state index is 5.62. The molecule has 0 radical (unpaired) electrons. The molecule has 0 amide bonds. The third-order valence-corrected chi connectivity index (χ3v) is 2.63. The van der Waals surface area contributed by atoms with Gasteiger partial charge in [0.15, 0.2) is 5.82 Å². The van der Waals surface area contributed by atoms with Gasteiger partial charge >= 0.3 is 0 Å². The van der Waals surface area contributed by atoms with Gasteiger partial charge in [-0.1, -0.05) is 5.16 Å². The van der Waals surface area contributed by atoms with Crippen LogP contribution in [0.25, 0.3) is 0 Å². The van der Waals surface area contributed by atoms with E-state index in [9.17, 15) is 0 Å². The lowest BCUT2D eigenvalue weighted by Crippen LogP contribution is -2.22. The van der Waals surface area contributed by atoms with Crippen LogP contribution in [-0.4, -0.2) is 34.7 Å². The number of aromatic nitrogens is 2. The largest absolute Gasteiger partial charge is 0.338 e. The zero-order valence-electron chi connectivity index (χ0n) is 8.44. The maximum Gasteiger partial charge on any atom is 0.240 e. The van der Waals surface area contributed by atoms with Crippen molar-refractivity contribution in [3.8, 4) is 0 Å². The van der Waals surface area contributed by atoms with Crippen molar-refractivity contribution in [1.29, 1.82) is 0 Å². The van der Waals surface area contributed by atoms with E-state index in [1.807, 2.05) is 6.92 Å². The van der Waals surface area contributed by atoms with Crippen molar-refractivity contribution in [3.05, 3.63) is 11.7 Å². The molecular formula is C9H16N4O. The van der Waals surface area contributed by atoms with E-state index in [1.165, 1.54) is 6.42 Å². The van der Waals surface area contributed by atoms with Crippen molar-refractivity contribution in [2.75, 3.05) is 19.6 Å². The molecule has 1 saturated heterocycles. The molecule has 1 aromatic rings. The predicted octanol–water partition coefficient (Wildman–Crippen LogP) is 0.159. The first-order valence-electron chi connectivity index (χ1n) is 4.99. The van der Waals surface area contributed by atoms with Gasteiger partial charge in [0, 0.05) is 6.54 Å². The Hall–Kier alpha value is -0.940. The Morgan fingerprint density at radius 2 is 2.50 bits per heavy atom. The number of nitrogens with two attached hydrogens (primary N) is 1. The second-order valence-electron chi connectivity index (χ2n) is 3.86. The van der Waals surface area contributed by atoms with Crippen molar-refractivity contribution >= 4 is 0 Å². The molecule has 1 aliphatic heterocycles. The minimum atomic E-state index is 0.638. The molecule has 2 heterocycles. The van der Waals surface area contributed by atoms with E-state index in [0.29, 0.717) is 17.6 Å². The summed E-state index contributed by atoms with van der Waals surface area (Å²) in [6.07, 6.45) is 1.18. The summed E-state index contributed by atoms with van der Waals surface area (Å²) in [6, 6.07) is 0. The van der Waals surface area contributed by atoms with Crippen LogP contribution in [0.4, 0.5) is 0 Å². The number of likely N-dealkylation sites (tertiary alicyclic amines) is 1. The summed E-state index contributed by atoms with van der Waals surface area (Å²) < 4.78 is 5.06. The SMILES string of the molecule is Cc1noc(CN2CCC(CN)C2)n1. The third-order valence-electron chi connectivity index (χ3n) is 2.63. The minimum absolute atomic E-state index is 0.638. The molecule has 1 atom stereocenters. The molecule has 5 nitrogen and oxygen atoms in total. The van der Waals surface area contributed by atoms with Crippen LogP contribution in [0.5, 0.6) is 0 Å². The summed E-state index contributed by atoms with van der Waals surface area (Å²) in [5.74, 6) is 2.05. The fraction of sp³-hybridized carbons (Fsp3) is 0.778. The van der Waals surface area contributed by atoms with Crippen LogP contribution < -0.4 is 5.73 Å². The summed E-state index contributed by atoms with van der Waals surface area (Å²) in [6.45, 7) is 5.51. The van der Waals surface area contributed by atoms with Gasteiger partial charge in [0.2, 0.25) is 5.89 Å². The van der Waals surface area contributed by atoms with Crippen LogP contribution in [0.2, 0.25) is 0 Å². The first-order chi connectivity index (χ1) is 6.78. The molecule has 5 heteroatoms. The lowest BCUT2D eigenvalue weighted by Gasteiger charge is -2.11. The second-order valence-corrected chi connectivity index (χ2v) is 3.86. The van der Waals surface area contributed by atoms with Gasteiger partial charge < -0.3 is 10.3 Å². The van der Waals surface area contributed by atoms with Gasteiger partial charge in [-0.3, -0.25) is 4.90 Å². The zero-order valence-corrected chi connectivity index (χ0v) is 8.44. The van der Waals surface area contributed by atoms with E-state index in [-0.39, 0.29) is 0 Å². The van der Waals surface area contributed by atoms with Crippen LogP contribution in [0, 0.1) is 12.8 Å². The standard InChI is InChI=1S/C9H16N4O/c1-7-11-9(14-12-7)6-13-3-2-8(4-10)5-13/h8H,2-6,10H2,1H3. The van der Waals surface area contributed by atoms with Crippen LogP contribution in [0.1, 0.15) is 18.1 Å². The van der Waals surface area contributed by atoms with Gasteiger partial charge in [0.05, 0.1) is 6.54 Å². The Bertz CT molecular complexity index is 299. The zero-order chi connectivity index (χ0) is 9.97. The number of hydrogen-bond donors (Lipinski definition) is 1. The molecule has 0 aliphatic carbocycles. The van der Waals surface area contributed by atoms with E-state index in [4.69, 9.17) is 10.3 Å². The highest BCUT2D eigenvalue weighted by atomic mass is 16.5. The second kappa shape index (κ2) is 4.06. The Balaban J connectivity index is 1.87. The molecule has 78 valence electrons. The first kappa shape index (κ1) is 9.61. The molecule has 2 rings (SSSR count). The molecule has 0 bridgehead atoms. The average Bonchev–Trinajstić information content (AvgIpc) is 2.76. The van der Waals surface area contributed by atoms with Crippen molar-refractivity contribution < 1.29 is 4.52 Å². The highest BCUT2D eigenvalue weighted by Crippen LogP contribution is 2.16. The van der Waals surface area contributed by atoms with Crippen molar-refractivity contribution in [2.24, 2.45) is 11.7 Å². The van der Waals surface area contributed by atoms with Crippen LogP contribution in [-0.2, 0) is 6.54 Å². The lowest BCUT2D eigenvalue weighted by molar-refractivity contribution is 0.260. The van der Waals surface area contributed by atoms with Crippen molar-refractivity contribution in [1.82, 2.24) is 15.0 Å². The molecule has 1 fully saturated rings. The monoisotopic (exact) mass is 196 g/mol. The van der Waals surface area contributed by atoms with E-state index in [1.54, 1.807) is 0 Å². The van der Waals surface area contributed by atoms with Gasteiger partial charge in [0.25, 0.3) is 0 Å². The van der Waals surface area contributed by atoms with Gasteiger partial charge in [-0.2, -0.15) is 4.98 Å². The van der Waals surface area contributed by atoms with Crippen molar-refractivity contribution in [2.45, 2.75) is 19.9 Å². The molecule has 0 aromatic carbocycles. The fourth-order valence-electron chi connectivity index (χ4n) is 1.84. The summed E-state index contributed by atoms with van der Waals surface area (Å²) >= 11 is 0. The Kier molecular flexibility index (Phi) is 2.79. The summed E-state index contributed by atoms with van der Waals surface area (Å²) in [7, 11) is 0. The van der Waals surface area contributed by atoms with Gasteiger partial charge in [0.1, 0.15) is 0 Å². The van der Waals surface area contributed by atoms with Crippen molar-refractivity contribution in [3.63, 3.8) is 0 Å². The Morgan fingerprint density at radius 1 is 1.64 bits per heavy atom. The molecular weight excluding hydrogens is 180 g/mol. The normalized spacial score (nSPS) is 23.1. The highest BCUT2D eigenvalue weighted by molar-refractivity contribution is 4.85. The summed E-state index contributed by atoms with van der Waals surface area (Å²) in [5.41, 5.74) is 5.62. The summed E-state index contributed by atoms with van der Waals surface area (Å²) in [4.78, 5) is 6.48. The average molecular weight is 196 g/mol. The van der Waals surface area contributed by atoms with E-state index >= 15 is 0 Å². The molecule has 0 spiro atoms. The Labute approximate surface area is 83.3 Å². The Morgan fingerprint density at radius 3 is 3.07 bits per heavy atom. The van der Waals surface area contributed by atoms with Crippen LogP contribution >= 0.6 is 0 Å². The van der Waals surface area contributed by atoms with Crippen LogP contribution in [0.3, 0.4) is 0 Å². The third kappa shape index (κ3) is 2.10. The molecule has 0 saturated carbocycles. The summed E-state index contributed by atoms with van der Waals surface area (Å²) in [5, 5.41) is 3.76. The number of hydrogen-bond acceptors (Lipinski definition) is 5. The maximum atomic E-state index is 5.62. The topological polar surface area (TPSA) is 68.2 Å². The van der Waals surface area contributed by atoms with Gasteiger partial charge in [-0.25, -0.2) is 0 Å².